The van der Waals surface area contributed by atoms with Crippen LogP contribution in [-0.2, 0) is 9.53 Å². The van der Waals surface area contributed by atoms with E-state index in [2.05, 4.69) is 4.90 Å². The zero-order valence-electron chi connectivity index (χ0n) is 12.1. The number of ether oxygens (including phenoxy) is 1. The van der Waals surface area contributed by atoms with Gasteiger partial charge in [0, 0.05) is 6.54 Å². The lowest BCUT2D eigenvalue weighted by Crippen LogP contribution is -2.53. The molecule has 1 heterocycles. The highest BCUT2D eigenvalue weighted by molar-refractivity contribution is 5.75. The highest BCUT2D eigenvalue weighted by Crippen LogP contribution is 2.24. The Morgan fingerprint density at radius 1 is 1.50 bits per heavy atom. The molecular weight excluding hydrogens is 230 g/mol. The van der Waals surface area contributed by atoms with Gasteiger partial charge in [0.1, 0.15) is 6.04 Å². The maximum absolute atomic E-state index is 11.9. The van der Waals surface area contributed by atoms with E-state index in [-0.39, 0.29) is 17.9 Å². The van der Waals surface area contributed by atoms with Gasteiger partial charge in [0.25, 0.3) is 0 Å². The Kier molecular flexibility index (Phi) is 5.60. The van der Waals surface area contributed by atoms with E-state index in [1.165, 1.54) is 0 Å². The topological polar surface area (TPSA) is 49.8 Å². The summed E-state index contributed by atoms with van der Waals surface area (Å²) >= 11 is 0. The molecule has 1 aliphatic rings. The Hall–Kier alpha value is -0.610. The fourth-order valence-electron chi connectivity index (χ4n) is 2.28. The predicted octanol–water partition coefficient (Wildman–Crippen LogP) is 1.81. The van der Waals surface area contributed by atoms with Crippen molar-refractivity contribution in [2.75, 3.05) is 19.7 Å². The van der Waals surface area contributed by atoms with Gasteiger partial charge in [-0.1, -0.05) is 20.3 Å². The first-order valence-corrected chi connectivity index (χ1v) is 7.01. The van der Waals surface area contributed by atoms with E-state index in [1.807, 2.05) is 27.7 Å². The molecule has 2 unspecified atom stereocenters. The van der Waals surface area contributed by atoms with Gasteiger partial charge in [-0.3, -0.25) is 9.69 Å². The minimum absolute atomic E-state index is 0.142. The number of β-amino-alcohol motifs (C(OH)–C–C–N with tert-alkyl or cyclic N) is 1. The normalized spacial score (nSPS) is 24.9. The van der Waals surface area contributed by atoms with Crippen molar-refractivity contribution in [3.8, 4) is 0 Å². The number of aliphatic hydroxyl groups is 1. The molecule has 0 radical (unpaired) electrons. The molecule has 2 atom stereocenters. The van der Waals surface area contributed by atoms with Gasteiger partial charge in [-0.2, -0.15) is 0 Å². The first-order valence-electron chi connectivity index (χ1n) is 7.01. The van der Waals surface area contributed by atoms with Gasteiger partial charge in [0.15, 0.2) is 0 Å². The van der Waals surface area contributed by atoms with Crippen molar-refractivity contribution in [1.82, 2.24) is 4.90 Å². The average molecular weight is 257 g/mol. The average Bonchev–Trinajstić information content (AvgIpc) is 2.29. The number of hydrogen-bond acceptors (Lipinski definition) is 4. The van der Waals surface area contributed by atoms with E-state index in [1.54, 1.807) is 0 Å². The lowest BCUT2D eigenvalue weighted by molar-refractivity contribution is -0.152. The van der Waals surface area contributed by atoms with Gasteiger partial charge in [0.05, 0.1) is 12.2 Å². The second-order valence-corrected chi connectivity index (χ2v) is 5.75. The molecule has 0 bridgehead atoms. The highest BCUT2D eigenvalue weighted by Gasteiger charge is 2.35. The van der Waals surface area contributed by atoms with Crippen molar-refractivity contribution in [3.05, 3.63) is 0 Å². The highest BCUT2D eigenvalue weighted by atomic mass is 16.5. The van der Waals surface area contributed by atoms with Crippen molar-refractivity contribution >= 4 is 5.97 Å². The molecule has 106 valence electrons. The number of carbonyl (C=O) groups is 1. The first-order chi connectivity index (χ1) is 8.38. The first kappa shape index (κ1) is 15.4. The molecule has 0 aromatic carbocycles. The fraction of sp³-hybridized carbons (Fsp3) is 0.929. The van der Waals surface area contributed by atoms with Gasteiger partial charge in [0.2, 0.25) is 0 Å². The second kappa shape index (κ2) is 6.53. The summed E-state index contributed by atoms with van der Waals surface area (Å²) in [5, 5.41) is 10.4. The Balaban J connectivity index is 2.68. The number of piperidine rings is 1. The van der Waals surface area contributed by atoms with Crippen LogP contribution in [0.1, 0.15) is 47.0 Å². The summed E-state index contributed by atoms with van der Waals surface area (Å²) in [6.45, 7) is 9.50. The van der Waals surface area contributed by atoms with E-state index in [4.69, 9.17) is 4.74 Å². The summed E-state index contributed by atoms with van der Waals surface area (Å²) in [4.78, 5) is 14.0. The van der Waals surface area contributed by atoms with Crippen molar-refractivity contribution in [2.45, 2.75) is 58.6 Å². The summed E-state index contributed by atoms with van der Waals surface area (Å²) in [5.74, 6) is 0.0269. The molecule has 0 amide bonds. The van der Waals surface area contributed by atoms with E-state index in [0.29, 0.717) is 13.2 Å². The maximum atomic E-state index is 11.9. The zero-order chi connectivity index (χ0) is 13.8. The Morgan fingerprint density at radius 2 is 2.17 bits per heavy atom. The van der Waals surface area contributed by atoms with E-state index in [0.717, 1.165) is 25.8 Å². The minimum atomic E-state index is -0.762. The third-order valence-corrected chi connectivity index (χ3v) is 3.94. The van der Waals surface area contributed by atoms with Crippen molar-refractivity contribution in [3.63, 3.8) is 0 Å². The number of carbonyl (C=O) groups excluding carboxylic acids is 1. The second-order valence-electron chi connectivity index (χ2n) is 5.75. The number of rotatable bonds is 5. The lowest BCUT2D eigenvalue weighted by Gasteiger charge is -2.40. The molecule has 4 heteroatoms. The monoisotopic (exact) mass is 257 g/mol. The van der Waals surface area contributed by atoms with Crippen LogP contribution in [-0.4, -0.2) is 47.3 Å². The van der Waals surface area contributed by atoms with Crippen LogP contribution in [0.2, 0.25) is 0 Å². The molecule has 18 heavy (non-hydrogen) atoms. The summed E-state index contributed by atoms with van der Waals surface area (Å²) in [5.41, 5.74) is -0.762. The Morgan fingerprint density at radius 3 is 2.72 bits per heavy atom. The number of nitrogens with zero attached hydrogens (tertiary/aromatic N) is 1. The summed E-state index contributed by atoms with van der Waals surface area (Å²) in [6.07, 6.45) is 2.99. The molecule has 0 aromatic rings. The van der Waals surface area contributed by atoms with Gasteiger partial charge < -0.3 is 9.84 Å². The van der Waals surface area contributed by atoms with Crippen LogP contribution >= 0.6 is 0 Å². The summed E-state index contributed by atoms with van der Waals surface area (Å²) in [6, 6.07) is -0.177. The molecule has 1 aliphatic heterocycles. The molecule has 0 aliphatic carbocycles. The molecular formula is C14H27NO3. The number of likely N-dealkylation sites (tertiary alicyclic amines) is 1. The molecule has 1 fully saturated rings. The van der Waals surface area contributed by atoms with Crippen LogP contribution < -0.4 is 0 Å². The molecule has 0 aromatic heterocycles. The van der Waals surface area contributed by atoms with Gasteiger partial charge in [-0.05, 0) is 39.2 Å². The van der Waals surface area contributed by atoms with Crippen LogP contribution in [0.25, 0.3) is 0 Å². The lowest BCUT2D eigenvalue weighted by atomic mass is 9.90. The Labute approximate surface area is 110 Å². The van der Waals surface area contributed by atoms with Crippen molar-refractivity contribution in [2.24, 2.45) is 5.92 Å². The molecule has 4 nitrogen and oxygen atoms in total. The predicted molar refractivity (Wildman–Crippen MR) is 71.3 cm³/mol. The summed E-state index contributed by atoms with van der Waals surface area (Å²) < 4.78 is 5.12. The van der Waals surface area contributed by atoms with Crippen LogP contribution in [0.3, 0.4) is 0 Å². The van der Waals surface area contributed by atoms with Crippen LogP contribution in [0.5, 0.6) is 0 Å². The van der Waals surface area contributed by atoms with E-state index >= 15 is 0 Å². The fourth-order valence-corrected chi connectivity index (χ4v) is 2.28. The Bertz CT molecular complexity index is 276. The van der Waals surface area contributed by atoms with Gasteiger partial charge >= 0.3 is 5.97 Å². The van der Waals surface area contributed by atoms with Crippen molar-refractivity contribution < 1.29 is 14.6 Å². The molecule has 1 saturated heterocycles. The quantitative estimate of drug-likeness (QED) is 0.763. The largest absolute Gasteiger partial charge is 0.465 e. The smallest absolute Gasteiger partial charge is 0.323 e. The van der Waals surface area contributed by atoms with Crippen LogP contribution in [0.15, 0.2) is 0 Å². The third kappa shape index (κ3) is 3.95. The zero-order valence-corrected chi connectivity index (χ0v) is 12.1. The van der Waals surface area contributed by atoms with Gasteiger partial charge in [-0.15, -0.1) is 0 Å². The third-order valence-electron chi connectivity index (χ3n) is 3.94. The standard InChI is InChI=1S/C14H27NO3/c1-5-18-13(16)12-8-6-7-9-15(12)10-14(4,17)11(2)3/h11-12,17H,5-10H2,1-4H3. The molecule has 0 spiro atoms. The minimum Gasteiger partial charge on any atom is -0.465 e. The molecule has 1 rings (SSSR count). The van der Waals surface area contributed by atoms with Gasteiger partial charge in [-0.25, -0.2) is 0 Å². The number of hydrogen-bond donors (Lipinski definition) is 1. The van der Waals surface area contributed by atoms with E-state index in [9.17, 15) is 9.90 Å². The maximum Gasteiger partial charge on any atom is 0.323 e. The van der Waals surface area contributed by atoms with E-state index < -0.39 is 5.60 Å². The molecule has 0 saturated carbocycles. The van der Waals surface area contributed by atoms with Crippen molar-refractivity contribution in [1.29, 1.82) is 0 Å². The molecule has 1 N–H and O–H groups in total. The summed E-state index contributed by atoms with van der Waals surface area (Å²) in [7, 11) is 0. The van der Waals surface area contributed by atoms with Crippen LogP contribution in [0, 0.1) is 5.92 Å². The van der Waals surface area contributed by atoms with Crippen LogP contribution in [0.4, 0.5) is 0 Å². The SMILES string of the molecule is CCOC(=O)C1CCCCN1CC(C)(O)C(C)C. The number of esters is 1.